The van der Waals surface area contributed by atoms with Gasteiger partial charge in [0.25, 0.3) is 5.91 Å². The number of carbonyl (C=O) groups excluding carboxylic acids is 1. The van der Waals surface area contributed by atoms with Crippen LogP contribution in [0, 0.1) is 5.92 Å². The monoisotopic (exact) mass is 292 g/mol. The molecular weight excluding hydrogens is 275 g/mol. The molecule has 0 aromatic carbocycles. The molecule has 1 unspecified atom stereocenters. The van der Waals surface area contributed by atoms with Gasteiger partial charge in [0.05, 0.1) is 0 Å². The van der Waals surface area contributed by atoms with E-state index in [-0.39, 0.29) is 29.6 Å². The number of halogens is 2. The number of hydrogen-bond acceptors (Lipinski definition) is 3. The third-order valence-corrected chi connectivity index (χ3v) is 3.56. The lowest BCUT2D eigenvalue weighted by atomic mass is 9.91. The molecule has 0 aliphatic carbocycles. The third kappa shape index (κ3) is 3.40. The predicted molar refractivity (Wildman–Crippen MR) is 73.2 cm³/mol. The smallest absolute Gasteiger partial charge is 0.289 e. The van der Waals surface area contributed by atoms with Crippen molar-refractivity contribution in [1.82, 2.24) is 4.90 Å². The number of likely N-dealkylation sites (tertiary alicyclic amines) is 1. The summed E-state index contributed by atoms with van der Waals surface area (Å²) < 4.78 is 5.12. The van der Waals surface area contributed by atoms with Crippen LogP contribution in [0.25, 0.3) is 0 Å². The van der Waals surface area contributed by atoms with Gasteiger partial charge in [0.1, 0.15) is 0 Å². The van der Waals surface area contributed by atoms with E-state index in [4.69, 9.17) is 21.8 Å². The maximum Gasteiger partial charge on any atom is 0.289 e. The van der Waals surface area contributed by atoms with Gasteiger partial charge in [-0.3, -0.25) is 4.79 Å². The van der Waals surface area contributed by atoms with E-state index in [0.29, 0.717) is 11.7 Å². The minimum Gasteiger partial charge on any atom is -0.440 e. The molecule has 1 saturated heterocycles. The minimum absolute atomic E-state index is 0. The topological polar surface area (TPSA) is 59.5 Å². The Morgan fingerprint density at radius 1 is 1.50 bits per heavy atom. The fraction of sp³-hybridized carbons (Fsp3) is 0.583. The quantitative estimate of drug-likeness (QED) is 0.911. The van der Waals surface area contributed by atoms with Crippen molar-refractivity contribution in [2.45, 2.75) is 25.8 Å². The number of amides is 1. The highest BCUT2D eigenvalue weighted by molar-refractivity contribution is 6.29. The Hall–Kier alpha value is -0.710. The normalized spacial score (nSPS) is 18.3. The lowest BCUT2D eigenvalue weighted by Gasteiger charge is -2.33. The number of hydrogen-bond donors (Lipinski definition) is 1. The first-order valence-corrected chi connectivity index (χ1v) is 6.26. The highest BCUT2D eigenvalue weighted by atomic mass is 35.5. The lowest BCUT2D eigenvalue weighted by Crippen LogP contribution is -2.42. The molecule has 2 heterocycles. The van der Waals surface area contributed by atoms with Crippen molar-refractivity contribution >= 4 is 29.9 Å². The van der Waals surface area contributed by atoms with Crippen LogP contribution in [-0.2, 0) is 0 Å². The molecule has 1 aliphatic heterocycles. The van der Waals surface area contributed by atoms with Crippen molar-refractivity contribution in [2.24, 2.45) is 11.7 Å². The van der Waals surface area contributed by atoms with Gasteiger partial charge < -0.3 is 15.1 Å². The van der Waals surface area contributed by atoms with E-state index < -0.39 is 0 Å². The molecule has 1 fully saturated rings. The molecule has 1 aromatic heterocycles. The number of rotatable bonds is 2. The van der Waals surface area contributed by atoms with E-state index in [0.717, 1.165) is 25.9 Å². The van der Waals surface area contributed by atoms with Crippen LogP contribution in [0.2, 0.25) is 5.22 Å². The van der Waals surface area contributed by atoms with E-state index >= 15 is 0 Å². The Morgan fingerprint density at radius 3 is 2.56 bits per heavy atom. The number of carbonyl (C=O) groups is 1. The molecule has 0 bridgehead atoms. The first-order valence-electron chi connectivity index (χ1n) is 5.88. The summed E-state index contributed by atoms with van der Waals surface area (Å²) in [5, 5.41) is 0.249. The van der Waals surface area contributed by atoms with E-state index in [1.165, 1.54) is 0 Å². The SMILES string of the molecule is CC(N)C1CCN(C(=O)c2ccc(Cl)o2)CC1.Cl. The zero-order valence-corrected chi connectivity index (χ0v) is 11.8. The Bertz CT molecular complexity index is 399. The van der Waals surface area contributed by atoms with Crippen molar-refractivity contribution in [3.8, 4) is 0 Å². The summed E-state index contributed by atoms with van der Waals surface area (Å²) >= 11 is 5.65. The van der Waals surface area contributed by atoms with E-state index in [1.54, 1.807) is 17.0 Å². The van der Waals surface area contributed by atoms with Crippen molar-refractivity contribution < 1.29 is 9.21 Å². The average Bonchev–Trinajstić information content (AvgIpc) is 2.75. The Labute approximate surface area is 118 Å². The highest BCUT2D eigenvalue weighted by Crippen LogP contribution is 2.22. The van der Waals surface area contributed by atoms with Crippen LogP contribution in [0.4, 0.5) is 0 Å². The van der Waals surface area contributed by atoms with Crippen LogP contribution in [-0.4, -0.2) is 29.9 Å². The maximum atomic E-state index is 12.0. The predicted octanol–water partition coefficient (Wildman–Crippen LogP) is 2.55. The van der Waals surface area contributed by atoms with Crippen LogP contribution in [0.5, 0.6) is 0 Å². The Balaban J connectivity index is 0.00000162. The number of piperidine rings is 1. The molecule has 0 saturated carbocycles. The number of nitrogens with two attached hydrogens (primary N) is 1. The summed E-state index contributed by atoms with van der Waals surface area (Å²) in [6.07, 6.45) is 1.91. The average molecular weight is 293 g/mol. The summed E-state index contributed by atoms with van der Waals surface area (Å²) in [4.78, 5) is 13.8. The molecule has 102 valence electrons. The van der Waals surface area contributed by atoms with Crippen molar-refractivity contribution in [3.05, 3.63) is 23.1 Å². The van der Waals surface area contributed by atoms with Gasteiger partial charge in [-0.05, 0) is 49.4 Å². The number of nitrogens with zero attached hydrogens (tertiary/aromatic N) is 1. The van der Waals surface area contributed by atoms with Gasteiger partial charge in [-0.25, -0.2) is 0 Å². The minimum atomic E-state index is -0.0833. The molecule has 6 heteroatoms. The van der Waals surface area contributed by atoms with Gasteiger partial charge in [-0.1, -0.05) is 0 Å². The van der Waals surface area contributed by atoms with Crippen molar-refractivity contribution in [2.75, 3.05) is 13.1 Å². The van der Waals surface area contributed by atoms with Crippen LogP contribution < -0.4 is 5.73 Å². The molecule has 18 heavy (non-hydrogen) atoms. The molecule has 4 nitrogen and oxygen atoms in total. The largest absolute Gasteiger partial charge is 0.440 e. The first kappa shape index (κ1) is 15.3. The molecule has 1 atom stereocenters. The summed E-state index contributed by atoms with van der Waals surface area (Å²) in [5.74, 6) is 0.744. The third-order valence-electron chi connectivity index (χ3n) is 3.35. The standard InChI is InChI=1S/C12H17ClN2O2.ClH/c1-8(14)9-4-6-15(7-5-9)12(16)10-2-3-11(13)17-10;/h2-3,8-9H,4-7,14H2,1H3;1H. The fourth-order valence-electron chi connectivity index (χ4n) is 2.21. The molecule has 1 aliphatic rings. The molecule has 1 amide bonds. The molecule has 2 rings (SSSR count). The maximum absolute atomic E-state index is 12.0. The van der Waals surface area contributed by atoms with Gasteiger partial charge in [0, 0.05) is 19.1 Å². The van der Waals surface area contributed by atoms with E-state index in [1.807, 2.05) is 6.92 Å². The van der Waals surface area contributed by atoms with E-state index in [9.17, 15) is 4.79 Å². The summed E-state index contributed by atoms with van der Waals surface area (Å²) in [6, 6.07) is 3.40. The second-order valence-electron chi connectivity index (χ2n) is 4.59. The highest BCUT2D eigenvalue weighted by Gasteiger charge is 2.26. The second-order valence-corrected chi connectivity index (χ2v) is 4.97. The van der Waals surface area contributed by atoms with Gasteiger partial charge in [-0.15, -0.1) is 12.4 Å². The molecular formula is C12H18Cl2N2O2. The van der Waals surface area contributed by atoms with Crippen molar-refractivity contribution in [1.29, 1.82) is 0 Å². The lowest BCUT2D eigenvalue weighted by molar-refractivity contribution is 0.0649. The molecule has 2 N–H and O–H groups in total. The zero-order chi connectivity index (χ0) is 12.4. The van der Waals surface area contributed by atoms with Crippen LogP contribution in [0.3, 0.4) is 0 Å². The van der Waals surface area contributed by atoms with Crippen LogP contribution in [0.1, 0.15) is 30.3 Å². The molecule has 1 aromatic rings. The van der Waals surface area contributed by atoms with Gasteiger partial charge in [0.2, 0.25) is 0 Å². The Kier molecular flexibility index (Phi) is 5.50. The van der Waals surface area contributed by atoms with Crippen LogP contribution in [0.15, 0.2) is 16.5 Å². The van der Waals surface area contributed by atoms with Gasteiger partial charge in [-0.2, -0.15) is 0 Å². The molecule has 0 spiro atoms. The van der Waals surface area contributed by atoms with Gasteiger partial charge in [0.15, 0.2) is 11.0 Å². The molecule has 0 radical (unpaired) electrons. The summed E-state index contributed by atoms with van der Waals surface area (Å²) in [7, 11) is 0. The van der Waals surface area contributed by atoms with Crippen molar-refractivity contribution in [3.63, 3.8) is 0 Å². The van der Waals surface area contributed by atoms with Gasteiger partial charge >= 0.3 is 0 Å². The summed E-state index contributed by atoms with van der Waals surface area (Å²) in [6.45, 7) is 3.50. The van der Waals surface area contributed by atoms with Crippen LogP contribution >= 0.6 is 24.0 Å². The first-order chi connectivity index (χ1) is 8.08. The zero-order valence-electron chi connectivity index (χ0n) is 10.3. The second kappa shape index (κ2) is 6.45. The Morgan fingerprint density at radius 2 is 2.11 bits per heavy atom. The number of furan rings is 1. The van der Waals surface area contributed by atoms with E-state index in [2.05, 4.69) is 0 Å². The summed E-state index contributed by atoms with van der Waals surface area (Å²) in [5.41, 5.74) is 5.86. The fourth-order valence-corrected chi connectivity index (χ4v) is 2.36.